The first-order valence-corrected chi connectivity index (χ1v) is 8.20. The molecule has 2 aromatic heterocycles. The summed E-state index contributed by atoms with van der Waals surface area (Å²) in [6.45, 7) is 6.83. The van der Waals surface area contributed by atoms with Gasteiger partial charge in [0.25, 0.3) is 0 Å². The highest BCUT2D eigenvalue weighted by Gasteiger charge is 2.10. The number of methoxy groups -OCH3 is 1. The monoisotopic (exact) mass is 325 g/mol. The normalized spacial score (nSPS) is 11.0. The van der Waals surface area contributed by atoms with Crippen LogP contribution in [-0.2, 0) is 6.42 Å². The van der Waals surface area contributed by atoms with E-state index in [0.29, 0.717) is 0 Å². The number of hydrogen-bond acceptors (Lipinski definition) is 5. The smallest absolute Gasteiger partial charge is 0.145 e. The summed E-state index contributed by atoms with van der Waals surface area (Å²) in [6, 6.07) is 8.09. The SMILES string of the molecule is COc1cccc2c(NCCCc3c(C)noc3C)cc(C)nc12. The molecule has 0 spiro atoms. The van der Waals surface area contributed by atoms with Gasteiger partial charge in [0.1, 0.15) is 17.0 Å². The van der Waals surface area contributed by atoms with Crippen LogP contribution in [0.4, 0.5) is 5.69 Å². The van der Waals surface area contributed by atoms with E-state index in [1.807, 2.05) is 32.9 Å². The summed E-state index contributed by atoms with van der Waals surface area (Å²) in [4.78, 5) is 4.61. The van der Waals surface area contributed by atoms with Gasteiger partial charge in [0, 0.05) is 28.9 Å². The zero-order valence-electron chi connectivity index (χ0n) is 14.6. The van der Waals surface area contributed by atoms with Crippen LogP contribution in [0.1, 0.15) is 29.1 Å². The molecular formula is C19H23N3O2. The summed E-state index contributed by atoms with van der Waals surface area (Å²) in [5.74, 6) is 1.72. The highest BCUT2D eigenvalue weighted by Crippen LogP contribution is 2.29. The number of fused-ring (bicyclic) bond motifs is 1. The Labute approximate surface area is 142 Å². The predicted molar refractivity (Wildman–Crippen MR) is 95.8 cm³/mol. The Morgan fingerprint density at radius 1 is 1.21 bits per heavy atom. The van der Waals surface area contributed by atoms with Gasteiger partial charge in [0.15, 0.2) is 0 Å². The molecular weight excluding hydrogens is 302 g/mol. The Kier molecular flexibility index (Phi) is 4.69. The minimum absolute atomic E-state index is 0.801. The predicted octanol–water partition coefficient (Wildman–Crippen LogP) is 4.20. The molecule has 0 amide bonds. The Morgan fingerprint density at radius 3 is 2.75 bits per heavy atom. The van der Waals surface area contributed by atoms with Crippen molar-refractivity contribution in [3.63, 3.8) is 0 Å². The van der Waals surface area contributed by atoms with E-state index in [0.717, 1.165) is 58.9 Å². The van der Waals surface area contributed by atoms with Gasteiger partial charge in [-0.15, -0.1) is 0 Å². The number of nitrogens with zero attached hydrogens (tertiary/aromatic N) is 2. The third kappa shape index (κ3) is 3.20. The van der Waals surface area contributed by atoms with E-state index in [2.05, 4.69) is 27.6 Å². The quantitative estimate of drug-likeness (QED) is 0.688. The van der Waals surface area contributed by atoms with Crippen LogP contribution in [0.3, 0.4) is 0 Å². The molecule has 126 valence electrons. The number of para-hydroxylation sites is 1. The van der Waals surface area contributed by atoms with Crippen LogP contribution in [0, 0.1) is 20.8 Å². The van der Waals surface area contributed by atoms with Crippen molar-refractivity contribution in [3.05, 3.63) is 47.0 Å². The van der Waals surface area contributed by atoms with Crippen LogP contribution >= 0.6 is 0 Å². The fourth-order valence-electron chi connectivity index (χ4n) is 3.01. The molecule has 24 heavy (non-hydrogen) atoms. The molecule has 5 nitrogen and oxygen atoms in total. The van der Waals surface area contributed by atoms with Crippen LogP contribution in [0.5, 0.6) is 5.75 Å². The second kappa shape index (κ2) is 6.91. The van der Waals surface area contributed by atoms with Gasteiger partial charge in [-0.05, 0) is 45.7 Å². The molecule has 0 atom stereocenters. The maximum absolute atomic E-state index is 5.43. The van der Waals surface area contributed by atoms with Crippen LogP contribution in [0.2, 0.25) is 0 Å². The van der Waals surface area contributed by atoms with Gasteiger partial charge in [0.05, 0.1) is 12.8 Å². The molecule has 1 aromatic carbocycles. The Balaban J connectivity index is 1.73. The van der Waals surface area contributed by atoms with Gasteiger partial charge in [-0.25, -0.2) is 4.98 Å². The number of aryl methyl sites for hydroxylation is 3. The molecule has 0 fully saturated rings. The molecule has 2 heterocycles. The van der Waals surface area contributed by atoms with Gasteiger partial charge in [0.2, 0.25) is 0 Å². The molecule has 0 aliphatic carbocycles. The molecule has 0 saturated carbocycles. The fourth-order valence-corrected chi connectivity index (χ4v) is 3.01. The maximum atomic E-state index is 5.43. The van der Waals surface area contributed by atoms with E-state index >= 15 is 0 Å². The van der Waals surface area contributed by atoms with E-state index in [-0.39, 0.29) is 0 Å². The second-order valence-electron chi connectivity index (χ2n) is 6.00. The van der Waals surface area contributed by atoms with Crippen LogP contribution in [0.25, 0.3) is 10.9 Å². The summed E-state index contributed by atoms with van der Waals surface area (Å²) in [5.41, 5.74) is 5.17. The molecule has 0 unspecified atom stereocenters. The van der Waals surface area contributed by atoms with Crippen molar-refractivity contribution < 1.29 is 9.26 Å². The van der Waals surface area contributed by atoms with Crippen molar-refractivity contribution in [2.24, 2.45) is 0 Å². The number of pyridine rings is 1. The highest BCUT2D eigenvalue weighted by molar-refractivity contribution is 5.95. The minimum atomic E-state index is 0.801. The van der Waals surface area contributed by atoms with E-state index < -0.39 is 0 Å². The van der Waals surface area contributed by atoms with E-state index in [1.54, 1.807) is 7.11 Å². The molecule has 0 radical (unpaired) electrons. The van der Waals surface area contributed by atoms with Crippen molar-refractivity contribution in [3.8, 4) is 5.75 Å². The molecule has 0 bridgehead atoms. The number of hydrogen-bond donors (Lipinski definition) is 1. The summed E-state index contributed by atoms with van der Waals surface area (Å²) in [7, 11) is 1.68. The third-order valence-corrected chi connectivity index (χ3v) is 4.25. The molecule has 0 saturated heterocycles. The summed E-state index contributed by atoms with van der Waals surface area (Å²) in [6.07, 6.45) is 1.97. The summed E-state index contributed by atoms with van der Waals surface area (Å²) in [5, 5.41) is 8.62. The van der Waals surface area contributed by atoms with Crippen molar-refractivity contribution in [1.82, 2.24) is 10.1 Å². The topological polar surface area (TPSA) is 60.2 Å². The van der Waals surface area contributed by atoms with Gasteiger partial charge < -0.3 is 14.6 Å². The molecule has 5 heteroatoms. The second-order valence-corrected chi connectivity index (χ2v) is 6.00. The van der Waals surface area contributed by atoms with Crippen molar-refractivity contribution in [2.75, 3.05) is 19.0 Å². The number of nitrogens with one attached hydrogen (secondary N) is 1. The van der Waals surface area contributed by atoms with E-state index in [9.17, 15) is 0 Å². The first-order valence-electron chi connectivity index (χ1n) is 8.20. The Bertz CT molecular complexity index is 836. The van der Waals surface area contributed by atoms with Crippen LogP contribution in [0.15, 0.2) is 28.8 Å². The summed E-state index contributed by atoms with van der Waals surface area (Å²) >= 11 is 0. The molecule has 1 N–H and O–H groups in total. The number of ether oxygens (including phenoxy) is 1. The minimum Gasteiger partial charge on any atom is -0.494 e. The maximum Gasteiger partial charge on any atom is 0.145 e. The van der Waals surface area contributed by atoms with Crippen molar-refractivity contribution >= 4 is 16.6 Å². The Morgan fingerprint density at radius 2 is 2.04 bits per heavy atom. The van der Waals surface area contributed by atoms with Crippen molar-refractivity contribution in [1.29, 1.82) is 0 Å². The lowest BCUT2D eigenvalue weighted by molar-refractivity contribution is 0.392. The lowest BCUT2D eigenvalue weighted by Gasteiger charge is -2.12. The largest absolute Gasteiger partial charge is 0.494 e. The van der Waals surface area contributed by atoms with Gasteiger partial charge in [-0.3, -0.25) is 0 Å². The Hall–Kier alpha value is -2.56. The zero-order valence-corrected chi connectivity index (χ0v) is 14.6. The van der Waals surface area contributed by atoms with Crippen molar-refractivity contribution in [2.45, 2.75) is 33.6 Å². The standard InChI is InChI=1S/C19H23N3O2/c1-12-11-17(16-7-5-9-18(23-4)19(16)21-12)20-10-6-8-15-13(2)22-24-14(15)3/h5,7,9,11H,6,8,10H2,1-4H3,(H,20,21). The number of rotatable bonds is 6. The van der Waals surface area contributed by atoms with Gasteiger partial charge in [-0.1, -0.05) is 17.3 Å². The van der Waals surface area contributed by atoms with E-state index in [1.165, 1.54) is 5.56 Å². The fraction of sp³-hybridized carbons (Fsp3) is 0.368. The number of aromatic nitrogens is 2. The first kappa shape index (κ1) is 16.3. The molecule has 0 aliphatic rings. The number of benzene rings is 1. The molecule has 3 aromatic rings. The van der Waals surface area contributed by atoms with E-state index in [4.69, 9.17) is 9.26 Å². The zero-order chi connectivity index (χ0) is 17.1. The lowest BCUT2D eigenvalue weighted by atomic mass is 10.1. The molecule has 0 aliphatic heterocycles. The number of anilines is 1. The third-order valence-electron chi connectivity index (χ3n) is 4.25. The summed E-state index contributed by atoms with van der Waals surface area (Å²) < 4.78 is 10.6. The average Bonchev–Trinajstić information content (AvgIpc) is 2.89. The molecule has 3 rings (SSSR count). The highest BCUT2D eigenvalue weighted by atomic mass is 16.5. The lowest BCUT2D eigenvalue weighted by Crippen LogP contribution is -2.05. The van der Waals surface area contributed by atoms with Gasteiger partial charge >= 0.3 is 0 Å². The first-order chi connectivity index (χ1) is 11.6. The van der Waals surface area contributed by atoms with Crippen LogP contribution in [-0.4, -0.2) is 23.8 Å². The average molecular weight is 325 g/mol. The van der Waals surface area contributed by atoms with Gasteiger partial charge in [-0.2, -0.15) is 0 Å². The van der Waals surface area contributed by atoms with Crippen LogP contribution < -0.4 is 10.1 Å².